The first-order valence-electron chi connectivity index (χ1n) is 5.21. The van der Waals surface area contributed by atoms with Crippen LogP contribution in [0.25, 0.3) is 0 Å². The molecule has 0 saturated carbocycles. The number of hydrogen-bond acceptors (Lipinski definition) is 2. The van der Waals surface area contributed by atoms with Crippen molar-refractivity contribution in [2.45, 2.75) is 20.4 Å². The highest BCUT2D eigenvalue weighted by Crippen LogP contribution is 2.07. The molecule has 15 heavy (non-hydrogen) atoms. The summed E-state index contributed by atoms with van der Waals surface area (Å²) in [5, 5.41) is 0. The van der Waals surface area contributed by atoms with Gasteiger partial charge in [0.25, 0.3) is 0 Å². The number of amides is 2. The summed E-state index contributed by atoms with van der Waals surface area (Å²) in [5.74, 6) is 0.815. The lowest BCUT2D eigenvalue weighted by molar-refractivity contribution is 0.161. The Bertz CT molecular complexity index is 296. The third-order valence-corrected chi connectivity index (χ3v) is 2.38. The summed E-state index contributed by atoms with van der Waals surface area (Å²) in [6.45, 7) is 5.85. The summed E-state index contributed by atoms with van der Waals surface area (Å²) < 4.78 is 5.22. The molecule has 4 nitrogen and oxygen atoms in total. The minimum atomic E-state index is 0.0383. The Morgan fingerprint density at radius 3 is 2.60 bits per heavy atom. The summed E-state index contributed by atoms with van der Waals surface area (Å²) in [6.07, 6.45) is 1.62. The average molecular weight is 210 g/mol. The maximum atomic E-state index is 11.8. The summed E-state index contributed by atoms with van der Waals surface area (Å²) >= 11 is 0. The minimum absolute atomic E-state index is 0.0383. The molecule has 0 N–H and O–H groups in total. The number of furan rings is 1. The van der Waals surface area contributed by atoms with Crippen LogP contribution in [0.1, 0.15) is 19.6 Å². The number of carbonyl (C=O) groups excluding carboxylic acids is 1. The van der Waals surface area contributed by atoms with E-state index in [1.807, 2.05) is 26.0 Å². The van der Waals surface area contributed by atoms with Gasteiger partial charge in [-0.1, -0.05) is 0 Å². The Morgan fingerprint density at radius 1 is 1.40 bits per heavy atom. The van der Waals surface area contributed by atoms with Crippen molar-refractivity contribution in [3.05, 3.63) is 24.2 Å². The normalized spacial score (nSPS) is 10.1. The molecule has 0 aliphatic rings. The molecule has 0 spiro atoms. The highest BCUT2D eigenvalue weighted by Gasteiger charge is 2.16. The lowest BCUT2D eigenvalue weighted by Crippen LogP contribution is -2.40. The van der Waals surface area contributed by atoms with Gasteiger partial charge >= 0.3 is 6.03 Å². The van der Waals surface area contributed by atoms with Gasteiger partial charge in [-0.3, -0.25) is 0 Å². The van der Waals surface area contributed by atoms with Gasteiger partial charge in [-0.05, 0) is 26.0 Å². The predicted octanol–water partition coefficient (Wildman–Crippen LogP) is 2.17. The smallest absolute Gasteiger partial charge is 0.320 e. The van der Waals surface area contributed by atoms with Crippen molar-refractivity contribution in [3.63, 3.8) is 0 Å². The molecule has 4 heteroatoms. The summed E-state index contributed by atoms with van der Waals surface area (Å²) in [5.41, 5.74) is 0. The lowest BCUT2D eigenvalue weighted by atomic mass is 10.4. The number of rotatable bonds is 4. The third kappa shape index (κ3) is 3.01. The van der Waals surface area contributed by atoms with E-state index < -0.39 is 0 Å². The molecule has 0 fully saturated rings. The molecule has 1 heterocycles. The fourth-order valence-corrected chi connectivity index (χ4v) is 1.28. The number of hydrogen-bond donors (Lipinski definition) is 0. The van der Waals surface area contributed by atoms with Crippen LogP contribution >= 0.6 is 0 Å². The summed E-state index contributed by atoms with van der Waals surface area (Å²) in [4.78, 5) is 15.3. The number of nitrogens with zero attached hydrogens (tertiary/aromatic N) is 2. The zero-order valence-corrected chi connectivity index (χ0v) is 9.56. The third-order valence-electron chi connectivity index (χ3n) is 2.38. The Hall–Kier alpha value is -1.45. The molecule has 0 unspecified atom stereocenters. The standard InChI is InChI=1S/C11H18N2O2/c1-4-12(3)11(14)13(5-2)9-10-7-6-8-15-10/h6-8H,4-5,9H2,1-3H3. The van der Waals surface area contributed by atoms with Crippen LogP contribution in [0.15, 0.2) is 22.8 Å². The van der Waals surface area contributed by atoms with Crippen LogP contribution in [-0.4, -0.2) is 36.0 Å². The van der Waals surface area contributed by atoms with Crippen molar-refractivity contribution in [2.75, 3.05) is 20.1 Å². The van der Waals surface area contributed by atoms with Gasteiger partial charge in [-0.2, -0.15) is 0 Å². The van der Waals surface area contributed by atoms with E-state index in [-0.39, 0.29) is 6.03 Å². The van der Waals surface area contributed by atoms with E-state index in [0.717, 1.165) is 5.76 Å². The quantitative estimate of drug-likeness (QED) is 0.763. The molecule has 0 radical (unpaired) electrons. The molecule has 0 aliphatic carbocycles. The van der Waals surface area contributed by atoms with E-state index in [1.54, 1.807) is 23.1 Å². The van der Waals surface area contributed by atoms with Crippen molar-refractivity contribution in [3.8, 4) is 0 Å². The second-order valence-corrected chi connectivity index (χ2v) is 3.39. The number of urea groups is 1. The topological polar surface area (TPSA) is 36.7 Å². The van der Waals surface area contributed by atoms with E-state index in [2.05, 4.69) is 0 Å². The van der Waals surface area contributed by atoms with Crippen LogP contribution in [0, 0.1) is 0 Å². The van der Waals surface area contributed by atoms with Gasteiger partial charge < -0.3 is 14.2 Å². The fraction of sp³-hybridized carbons (Fsp3) is 0.545. The Balaban J connectivity index is 2.60. The Labute approximate surface area is 90.5 Å². The highest BCUT2D eigenvalue weighted by molar-refractivity contribution is 5.73. The SMILES string of the molecule is CCN(C)C(=O)N(CC)Cc1ccco1. The van der Waals surface area contributed by atoms with Crippen molar-refractivity contribution in [1.29, 1.82) is 0 Å². The first-order valence-corrected chi connectivity index (χ1v) is 5.21. The molecule has 84 valence electrons. The fourth-order valence-electron chi connectivity index (χ4n) is 1.28. The highest BCUT2D eigenvalue weighted by atomic mass is 16.3. The molecule has 0 bridgehead atoms. The van der Waals surface area contributed by atoms with Crippen molar-refractivity contribution in [1.82, 2.24) is 9.80 Å². The van der Waals surface area contributed by atoms with Crippen LogP contribution < -0.4 is 0 Å². The molecule has 0 aliphatic heterocycles. The second-order valence-electron chi connectivity index (χ2n) is 3.39. The summed E-state index contributed by atoms with van der Waals surface area (Å²) in [6, 6.07) is 3.75. The molecule has 0 aromatic carbocycles. The molecule has 0 saturated heterocycles. The lowest BCUT2D eigenvalue weighted by Gasteiger charge is -2.25. The second kappa shape index (κ2) is 5.44. The molecule has 0 atom stereocenters. The minimum Gasteiger partial charge on any atom is -0.467 e. The first-order chi connectivity index (χ1) is 7.19. The zero-order chi connectivity index (χ0) is 11.3. The van der Waals surface area contributed by atoms with E-state index in [4.69, 9.17) is 4.42 Å². The molecule has 1 rings (SSSR count). The van der Waals surface area contributed by atoms with Gasteiger partial charge in [0.1, 0.15) is 5.76 Å². The molecule has 1 aromatic rings. The van der Waals surface area contributed by atoms with Crippen molar-refractivity contribution >= 4 is 6.03 Å². The maximum Gasteiger partial charge on any atom is 0.320 e. The van der Waals surface area contributed by atoms with Gasteiger partial charge in [0.05, 0.1) is 12.8 Å². The van der Waals surface area contributed by atoms with Crippen LogP contribution in [-0.2, 0) is 6.54 Å². The van der Waals surface area contributed by atoms with Crippen LogP contribution in [0.5, 0.6) is 0 Å². The first kappa shape index (κ1) is 11.6. The van der Waals surface area contributed by atoms with E-state index in [9.17, 15) is 4.79 Å². The Kier molecular flexibility index (Phi) is 4.21. The zero-order valence-electron chi connectivity index (χ0n) is 9.56. The van der Waals surface area contributed by atoms with Gasteiger partial charge in [-0.15, -0.1) is 0 Å². The molecular weight excluding hydrogens is 192 g/mol. The average Bonchev–Trinajstić information content (AvgIpc) is 2.76. The Morgan fingerprint density at radius 2 is 2.13 bits per heavy atom. The van der Waals surface area contributed by atoms with Crippen molar-refractivity contribution < 1.29 is 9.21 Å². The van der Waals surface area contributed by atoms with Gasteiger partial charge in [-0.25, -0.2) is 4.79 Å². The largest absolute Gasteiger partial charge is 0.467 e. The van der Waals surface area contributed by atoms with Gasteiger partial charge in [0.15, 0.2) is 0 Å². The maximum absolute atomic E-state index is 11.8. The summed E-state index contributed by atoms with van der Waals surface area (Å²) in [7, 11) is 1.80. The van der Waals surface area contributed by atoms with E-state index in [0.29, 0.717) is 19.6 Å². The van der Waals surface area contributed by atoms with Crippen molar-refractivity contribution in [2.24, 2.45) is 0 Å². The van der Waals surface area contributed by atoms with Crippen LogP contribution in [0.2, 0.25) is 0 Å². The van der Waals surface area contributed by atoms with E-state index in [1.165, 1.54) is 0 Å². The molecular formula is C11H18N2O2. The van der Waals surface area contributed by atoms with Crippen LogP contribution in [0.3, 0.4) is 0 Å². The predicted molar refractivity (Wildman–Crippen MR) is 58.5 cm³/mol. The van der Waals surface area contributed by atoms with Gasteiger partial charge in [0, 0.05) is 20.1 Å². The number of carbonyl (C=O) groups is 1. The monoisotopic (exact) mass is 210 g/mol. The van der Waals surface area contributed by atoms with Gasteiger partial charge in [0.2, 0.25) is 0 Å². The molecule has 1 aromatic heterocycles. The van der Waals surface area contributed by atoms with Crippen LogP contribution in [0.4, 0.5) is 4.79 Å². The van der Waals surface area contributed by atoms with E-state index >= 15 is 0 Å². The molecule has 2 amide bonds.